The van der Waals surface area contributed by atoms with Gasteiger partial charge in [0.1, 0.15) is 0 Å². The Morgan fingerprint density at radius 1 is 0.963 bits per heavy atom. The van der Waals surface area contributed by atoms with Crippen molar-refractivity contribution >= 4 is 11.6 Å². The van der Waals surface area contributed by atoms with Crippen molar-refractivity contribution in [2.45, 2.75) is 46.5 Å². The number of hydrogen-bond donors (Lipinski definition) is 1. The summed E-state index contributed by atoms with van der Waals surface area (Å²) < 4.78 is 0. The molecule has 0 saturated carbocycles. The van der Waals surface area contributed by atoms with Gasteiger partial charge in [0.2, 0.25) is 0 Å². The molecule has 144 valence electrons. The van der Waals surface area contributed by atoms with E-state index < -0.39 is 0 Å². The molecule has 0 heterocycles. The van der Waals surface area contributed by atoms with Crippen LogP contribution in [0, 0.1) is 41.0 Å². The third-order valence-corrected chi connectivity index (χ3v) is 3.46. The first-order valence-corrected chi connectivity index (χ1v) is 9.12. The van der Waals surface area contributed by atoms with E-state index in [2.05, 4.69) is 26.1 Å². The van der Waals surface area contributed by atoms with Crippen molar-refractivity contribution in [3.8, 4) is 0 Å². The summed E-state index contributed by atoms with van der Waals surface area (Å²) in [7, 11) is 0. The van der Waals surface area contributed by atoms with E-state index in [0.29, 0.717) is 0 Å². The number of benzene rings is 2. The number of para-hydroxylation sites is 1. The summed E-state index contributed by atoms with van der Waals surface area (Å²) in [6.07, 6.45) is 5.63. The average Bonchev–Trinajstić information content (AvgIpc) is 2.61. The first kappa shape index (κ1) is 27.5. The number of rotatable bonds is 5. The maximum atomic E-state index is 11.4. The average molecular weight is 358 g/mol. The summed E-state index contributed by atoms with van der Waals surface area (Å²) in [4.78, 5) is 11.4. The molecular weight excluding hydrogens is 325 g/mol. The van der Waals surface area contributed by atoms with Crippen molar-refractivity contribution in [1.29, 1.82) is 0 Å². The first-order valence-electron chi connectivity index (χ1n) is 9.12. The Labute approximate surface area is 179 Å². The van der Waals surface area contributed by atoms with Gasteiger partial charge in [-0.05, 0) is 25.0 Å². The van der Waals surface area contributed by atoms with Crippen molar-refractivity contribution in [3.63, 3.8) is 0 Å². The fraction of sp³-hybridized carbons (Fsp3) is 0.292. The molecule has 0 atom stereocenters. The van der Waals surface area contributed by atoms with Crippen LogP contribution in [0.5, 0.6) is 0 Å². The van der Waals surface area contributed by atoms with Crippen molar-refractivity contribution < 1.29 is 23.7 Å². The second kappa shape index (κ2) is 17.7. The molecule has 0 aliphatic carbocycles. The van der Waals surface area contributed by atoms with Gasteiger partial charge in [0.25, 0.3) is 0 Å². The Morgan fingerprint density at radius 2 is 1.48 bits per heavy atom. The van der Waals surface area contributed by atoms with Gasteiger partial charge in [-0.2, -0.15) is 43.9 Å². The fourth-order valence-electron chi connectivity index (χ4n) is 2.03. The number of carbonyl (C=O) groups is 1. The van der Waals surface area contributed by atoms with Crippen LogP contribution < -0.4 is 24.2 Å². The summed E-state index contributed by atoms with van der Waals surface area (Å²) in [5.74, 6) is -0.0232. The van der Waals surface area contributed by atoms with E-state index in [9.17, 15) is 4.79 Å². The van der Waals surface area contributed by atoms with Crippen LogP contribution >= 0.6 is 0 Å². The molecule has 0 bridgehead atoms. The monoisotopic (exact) mass is 358 g/mol. The largest absolute Gasteiger partial charge is 1.00 e. The van der Waals surface area contributed by atoms with Gasteiger partial charge < -0.3 is 30.4 Å². The molecular formula is C24H33LiNO-3. The molecule has 1 amide bonds. The van der Waals surface area contributed by atoms with Crippen molar-refractivity contribution in [1.82, 2.24) is 0 Å². The smallest absolute Gasteiger partial charge is 0.351 e. The van der Waals surface area contributed by atoms with Crippen molar-refractivity contribution in [2.75, 3.05) is 5.32 Å². The van der Waals surface area contributed by atoms with E-state index in [-0.39, 0.29) is 24.8 Å². The van der Waals surface area contributed by atoms with Crippen LogP contribution in [-0.2, 0) is 4.79 Å². The molecule has 0 aliphatic heterocycles. The SMILES string of the molecule is CC[CH-]C(=O)Nc1c(C)cccc1C.[CH2-]CCC[CH2-].[CH2-]c1ccccc1.[Li+]. The van der Waals surface area contributed by atoms with E-state index in [0.717, 1.165) is 41.6 Å². The Bertz CT molecular complexity index is 589. The molecule has 0 aliphatic rings. The predicted octanol–water partition coefficient (Wildman–Crippen LogP) is 3.55. The van der Waals surface area contributed by atoms with Gasteiger partial charge in [-0.25, -0.2) is 0 Å². The molecule has 0 saturated heterocycles. The molecule has 0 aromatic heterocycles. The van der Waals surface area contributed by atoms with E-state index in [1.165, 1.54) is 6.42 Å². The summed E-state index contributed by atoms with van der Waals surface area (Å²) in [5, 5.41) is 2.88. The van der Waals surface area contributed by atoms with Gasteiger partial charge in [0, 0.05) is 5.69 Å². The van der Waals surface area contributed by atoms with Crippen molar-refractivity contribution in [3.05, 3.63) is 92.4 Å². The Hall–Kier alpha value is -1.75. The molecule has 2 aromatic rings. The maximum absolute atomic E-state index is 11.4. The number of amides is 1. The van der Waals surface area contributed by atoms with Crippen LogP contribution in [0.4, 0.5) is 5.69 Å². The number of nitrogens with one attached hydrogen (secondary N) is 1. The molecule has 27 heavy (non-hydrogen) atoms. The maximum Gasteiger partial charge on any atom is 1.00 e. The summed E-state index contributed by atoms with van der Waals surface area (Å²) >= 11 is 0. The van der Waals surface area contributed by atoms with Crippen LogP contribution in [0.3, 0.4) is 0 Å². The minimum atomic E-state index is -0.0232. The molecule has 1 N–H and O–H groups in total. The van der Waals surface area contributed by atoms with Crippen LogP contribution in [0.2, 0.25) is 0 Å². The van der Waals surface area contributed by atoms with Crippen LogP contribution in [0.15, 0.2) is 48.5 Å². The Kier molecular flexibility index (Phi) is 18.0. The number of anilines is 1. The fourth-order valence-corrected chi connectivity index (χ4v) is 2.03. The molecule has 0 spiro atoms. The van der Waals surface area contributed by atoms with Gasteiger partial charge in [-0.15, -0.1) is 18.6 Å². The number of unbranched alkanes of at least 4 members (excludes halogenated alkanes) is 2. The zero-order valence-electron chi connectivity index (χ0n) is 17.6. The van der Waals surface area contributed by atoms with E-state index in [1.54, 1.807) is 6.42 Å². The van der Waals surface area contributed by atoms with Crippen LogP contribution in [0.1, 0.15) is 49.3 Å². The molecule has 3 heteroatoms. The molecule has 2 nitrogen and oxygen atoms in total. The zero-order chi connectivity index (χ0) is 19.8. The third kappa shape index (κ3) is 14.0. The van der Waals surface area contributed by atoms with E-state index >= 15 is 0 Å². The number of aryl methyl sites for hydroxylation is 2. The number of hydrogen-bond acceptors (Lipinski definition) is 1. The van der Waals surface area contributed by atoms with E-state index in [1.807, 2.05) is 69.3 Å². The van der Waals surface area contributed by atoms with Gasteiger partial charge in [0.05, 0.1) is 5.91 Å². The Balaban J connectivity index is 0. The van der Waals surface area contributed by atoms with Crippen LogP contribution in [0.25, 0.3) is 0 Å². The zero-order valence-corrected chi connectivity index (χ0v) is 17.6. The second-order valence-electron chi connectivity index (χ2n) is 5.91. The quantitative estimate of drug-likeness (QED) is 0.643. The van der Waals surface area contributed by atoms with Gasteiger partial charge >= 0.3 is 18.9 Å². The van der Waals surface area contributed by atoms with Crippen molar-refractivity contribution in [2.24, 2.45) is 0 Å². The van der Waals surface area contributed by atoms with Crippen LogP contribution in [-0.4, -0.2) is 5.91 Å². The number of carbonyl (C=O) groups excluding carboxylic acids is 1. The summed E-state index contributed by atoms with van der Waals surface area (Å²) in [5.41, 5.74) is 4.20. The minimum Gasteiger partial charge on any atom is -0.351 e. The minimum absolute atomic E-state index is 0. The molecule has 2 aromatic carbocycles. The third-order valence-electron chi connectivity index (χ3n) is 3.46. The molecule has 0 radical (unpaired) electrons. The van der Waals surface area contributed by atoms with Gasteiger partial charge in [-0.1, -0.05) is 31.2 Å². The standard InChI is InChI=1S/C12H16NO.C7H7.C5H10.Li/c1-4-6-11(14)13-12-9(2)7-5-8-10(12)3;1-7-5-3-2-4-6-7;1-3-5-4-2;/h5-8H,4H2,1-3H3,(H,13,14);2-6H,1H2;1-5H2;/q2*-1;-2;+1. The van der Waals surface area contributed by atoms with Gasteiger partial charge in [0.15, 0.2) is 0 Å². The molecule has 0 fully saturated rings. The summed E-state index contributed by atoms with van der Waals surface area (Å²) in [6, 6.07) is 15.9. The topological polar surface area (TPSA) is 29.1 Å². The van der Waals surface area contributed by atoms with E-state index in [4.69, 9.17) is 0 Å². The molecule has 2 rings (SSSR count). The summed E-state index contributed by atoms with van der Waals surface area (Å²) in [6.45, 7) is 16.9. The predicted molar refractivity (Wildman–Crippen MR) is 115 cm³/mol. The Morgan fingerprint density at radius 3 is 1.81 bits per heavy atom. The molecule has 0 unspecified atom stereocenters. The first-order chi connectivity index (χ1) is 12.5. The second-order valence-corrected chi connectivity index (χ2v) is 5.91. The van der Waals surface area contributed by atoms with Gasteiger partial charge in [-0.3, -0.25) is 0 Å². The normalized spacial score (nSPS) is 8.78.